The third-order valence-electron chi connectivity index (χ3n) is 3.43. The van der Waals surface area contributed by atoms with Crippen molar-refractivity contribution in [2.24, 2.45) is 5.92 Å². The van der Waals surface area contributed by atoms with E-state index in [1.807, 2.05) is 12.3 Å². The molecule has 114 valence electrons. The van der Waals surface area contributed by atoms with Gasteiger partial charge >= 0.3 is 0 Å². The lowest BCUT2D eigenvalue weighted by molar-refractivity contribution is 0.424. The van der Waals surface area contributed by atoms with E-state index < -0.39 is 0 Å². The molecule has 0 fully saturated rings. The predicted octanol–water partition coefficient (Wildman–Crippen LogP) is 4.47. The van der Waals surface area contributed by atoms with Crippen LogP contribution in [-0.2, 0) is 6.54 Å². The van der Waals surface area contributed by atoms with Crippen LogP contribution < -0.4 is 10.6 Å². The first-order valence-electron chi connectivity index (χ1n) is 7.49. The van der Waals surface area contributed by atoms with Crippen LogP contribution in [0, 0.1) is 5.92 Å². The fourth-order valence-corrected chi connectivity index (χ4v) is 2.15. The molecule has 0 aliphatic rings. The van der Waals surface area contributed by atoms with Crippen LogP contribution >= 0.6 is 11.6 Å². The summed E-state index contributed by atoms with van der Waals surface area (Å²) in [4.78, 5) is 4.44. The highest BCUT2D eigenvalue weighted by Gasteiger charge is 2.10. The number of nitrogens with one attached hydrogen (secondary N) is 2. The molecule has 4 heteroatoms. The average molecular weight is 298 g/mol. The Balaban J connectivity index is 2.59. The van der Waals surface area contributed by atoms with Crippen LogP contribution in [0.2, 0.25) is 5.02 Å². The van der Waals surface area contributed by atoms with Crippen molar-refractivity contribution in [3.05, 3.63) is 22.8 Å². The van der Waals surface area contributed by atoms with Gasteiger partial charge in [-0.05, 0) is 38.3 Å². The zero-order valence-corrected chi connectivity index (χ0v) is 14.1. The molecule has 0 amide bonds. The Morgan fingerprint density at radius 2 is 1.90 bits per heavy atom. The third kappa shape index (κ3) is 6.10. The summed E-state index contributed by atoms with van der Waals surface area (Å²) in [6.45, 7) is 12.6. The number of hydrogen-bond acceptors (Lipinski definition) is 3. The van der Waals surface area contributed by atoms with E-state index in [1.54, 1.807) is 0 Å². The van der Waals surface area contributed by atoms with Crippen molar-refractivity contribution in [1.29, 1.82) is 0 Å². The number of anilines is 1. The van der Waals surface area contributed by atoms with Crippen molar-refractivity contribution in [2.75, 3.05) is 11.9 Å². The van der Waals surface area contributed by atoms with Crippen LogP contribution in [0.15, 0.2) is 12.3 Å². The average Bonchev–Trinajstić information content (AvgIpc) is 2.38. The Hall–Kier alpha value is -0.800. The minimum Gasteiger partial charge on any atom is -0.369 e. The maximum Gasteiger partial charge on any atom is 0.144 e. The van der Waals surface area contributed by atoms with Gasteiger partial charge in [-0.3, -0.25) is 0 Å². The molecule has 0 bridgehead atoms. The number of rotatable bonds is 7. The molecule has 0 aliphatic carbocycles. The highest BCUT2D eigenvalue weighted by Crippen LogP contribution is 2.21. The number of pyridine rings is 1. The lowest BCUT2D eigenvalue weighted by Crippen LogP contribution is -2.35. The van der Waals surface area contributed by atoms with E-state index in [0.29, 0.717) is 10.9 Å². The highest BCUT2D eigenvalue weighted by atomic mass is 35.5. The molecule has 0 spiro atoms. The van der Waals surface area contributed by atoms with Gasteiger partial charge in [0.05, 0.1) is 5.02 Å². The van der Waals surface area contributed by atoms with Gasteiger partial charge in [-0.25, -0.2) is 4.98 Å². The molecular weight excluding hydrogens is 270 g/mol. The van der Waals surface area contributed by atoms with Gasteiger partial charge in [0, 0.05) is 24.8 Å². The minimum absolute atomic E-state index is 0.0961. The molecule has 0 saturated heterocycles. The molecule has 0 aromatic carbocycles. The van der Waals surface area contributed by atoms with Gasteiger partial charge in [-0.2, -0.15) is 0 Å². The maximum absolute atomic E-state index is 6.30. The van der Waals surface area contributed by atoms with Crippen molar-refractivity contribution in [1.82, 2.24) is 10.3 Å². The lowest BCUT2D eigenvalue weighted by atomic mass is 10.0. The van der Waals surface area contributed by atoms with Gasteiger partial charge in [-0.1, -0.05) is 38.3 Å². The second-order valence-corrected chi connectivity index (χ2v) is 6.75. The van der Waals surface area contributed by atoms with Crippen molar-refractivity contribution >= 4 is 17.4 Å². The Labute approximate surface area is 128 Å². The van der Waals surface area contributed by atoms with Crippen LogP contribution in [0.5, 0.6) is 0 Å². The predicted molar refractivity (Wildman–Crippen MR) is 88.4 cm³/mol. The third-order valence-corrected chi connectivity index (χ3v) is 3.72. The first kappa shape index (κ1) is 17.3. The minimum atomic E-state index is 0.0961. The monoisotopic (exact) mass is 297 g/mol. The first-order valence-corrected chi connectivity index (χ1v) is 7.86. The molecule has 1 aromatic heterocycles. The molecule has 1 aromatic rings. The quantitative estimate of drug-likeness (QED) is 0.779. The molecule has 0 aliphatic heterocycles. The summed E-state index contributed by atoms with van der Waals surface area (Å²) in [7, 11) is 0. The lowest BCUT2D eigenvalue weighted by Gasteiger charge is -2.20. The van der Waals surface area contributed by atoms with Crippen molar-refractivity contribution in [3.63, 3.8) is 0 Å². The molecule has 0 radical (unpaired) electrons. The van der Waals surface area contributed by atoms with Crippen LogP contribution in [-0.4, -0.2) is 17.1 Å². The molecule has 20 heavy (non-hydrogen) atoms. The topological polar surface area (TPSA) is 37.0 Å². The van der Waals surface area contributed by atoms with Gasteiger partial charge in [-0.15, -0.1) is 0 Å². The van der Waals surface area contributed by atoms with E-state index >= 15 is 0 Å². The van der Waals surface area contributed by atoms with Crippen molar-refractivity contribution < 1.29 is 0 Å². The Morgan fingerprint density at radius 3 is 2.40 bits per heavy atom. The number of aromatic nitrogens is 1. The van der Waals surface area contributed by atoms with Crippen LogP contribution in [0.3, 0.4) is 0 Å². The summed E-state index contributed by atoms with van der Waals surface area (Å²) >= 11 is 6.30. The molecule has 2 N–H and O–H groups in total. The summed E-state index contributed by atoms with van der Waals surface area (Å²) in [5.41, 5.74) is 1.21. The molecule has 1 rings (SSSR count). The fourth-order valence-electron chi connectivity index (χ4n) is 1.89. The summed E-state index contributed by atoms with van der Waals surface area (Å²) in [5, 5.41) is 7.48. The highest BCUT2D eigenvalue weighted by molar-refractivity contribution is 6.32. The smallest absolute Gasteiger partial charge is 0.144 e. The number of halogens is 1. The molecule has 0 unspecified atom stereocenters. The Morgan fingerprint density at radius 1 is 1.25 bits per heavy atom. The molecular formula is C16H28ClN3. The molecule has 0 saturated carbocycles. The largest absolute Gasteiger partial charge is 0.369 e. The molecule has 0 atom stereocenters. The Kier molecular flexibility index (Phi) is 6.77. The van der Waals surface area contributed by atoms with Gasteiger partial charge in [0.1, 0.15) is 5.82 Å². The second-order valence-electron chi connectivity index (χ2n) is 6.34. The zero-order valence-electron chi connectivity index (χ0n) is 13.4. The van der Waals surface area contributed by atoms with Gasteiger partial charge in [0.15, 0.2) is 0 Å². The normalized spacial score (nSPS) is 11.9. The summed E-state index contributed by atoms with van der Waals surface area (Å²) in [6, 6.07) is 1.99. The Bertz CT molecular complexity index is 409. The van der Waals surface area contributed by atoms with E-state index in [0.717, 1.165) is 24.5 Å². The number of nitrogens with zero attached hydrogens (tertiary/aromatic N) is 1. The van der Waals surface area contributed by atoms with Crippen LogP contribution in [0.1, 0.15) is 53.0 Å². The van der Waals surface area contributed by atoms with Crippen molar-refractivity contribution in [3.8, 4) is 0 Å². The first-order chi connectivity index (χ1) is 9.35. The second kappa shape index (κ2) is 7.84. The summed E-state index contributed by atoms with van der Waals surface area (Å²) in [5.74, 6) is 1.47. The van der Waals surface area contributed by atoms with E-state index in [2.05, 4.69) is 50.2 Å². The van der Waals surface area contributed by atoms with Gasteiger partial charge in [0.25, 0.3) is 0 Å². The standard InChI is InChI=1S/C16H28ClN3/c1-6-12(7-2)9-18-15-14(17)8-13(10-19-15)11-20-16(3,4)5/h8,10,12,20H,6-7,9,11H2,1-5H3,(H,18,19). The van der Waals surface area contributed by atoms with Crippen molar-refractivity contribution in [2.45, 2.75) is 59.5 Å². The summed E-state index contributed by atoms with van der Waals surface area (Å²) in [6.07, 6.45) is 4.24. The van der Waals surface area contributed by atoms with Crippen LogP contribution in [0.4, 0.5) is 5.82 Å². The van der Waals surface area contributed by atoms with E-state index in [1.165, 1.54) is 12.8 Å². The fraction of sp³-hybridized carbons (Fsp3) is 0.688. The molecule has 1 heterocycles. The van der Waals surface area contributed by atoms with Crippen LogP contribution in [0.25, 0.3) is 0 Å². The van der Waals surface area contributed by atoms with E-state index in [-0.39, 0.29) is 5.54 Å². The van der Waals surface area contributed by atoms with Gasteiger partial charge < -0.3 is 10.6 Å². The SMILES string of the molecule is CCC(CC)CNc1ncc(CNC(C)(C)C)cc1Cl. The maximum atomic E-state index is 6.30. The number of hydrogen-bond donors (Lipinski definition) is 2. The summed E-state index contributed by atoms with van der Waals surface area (Å²) < 4.78 is 0. The van der Waals surface area contributed by atoms with Gasteiger partial charge in [0.2, 0.25) is 0 Å². The van der Waals surface area contributed by atoms with E-state index in [9.17, 15) is 0 Å². The zero-order chi connectivity index (χ0) is 15.2. The van der Waals surface area contributed by atoms with E-state index in [4.69, 9.17) is 11.6 Å². The molecule has 3 nitrogen and oxygen atoms in total.